The summed E-state index contributed by atoms with van der Waals surface area (Å²) < 4.78 is 0. The van der Waals surface area contributed by atoms with Gasteiger partial charge in [0.2, 0.25) is 0 Å². The summed E-state index contributed by atoms with van der Waals surface area (Å²) in [4.78, 5) is 2.58. The lowest BCUT2D eigenvalue weighted by Crippen LogP contribution is -2.55. The Morgan fingerprint density at radius 1 is 1.16 bits per heavy atom. The molecule has 0 radical (unpaired) electrons. The molecule has 19 heavy (non-hydrogen) atoms. The molecule has 1 aromatic rings. The van der Waals surface area contributed by atoms with Crippen molar-refractivity contribution in [1.29, 1.82) is 0 Å². The summed E-state index contributed by atoms with van der Waals surface area (Å²) >= 11 is 0. The second kappa shape index (κ2) is 4.94. The molecule has 3 atom stereocenters. The molecule has 0 amide bonds. The van der Waals surface area contributed by atoms with Crippen LogP contribution in [0.25, 0.3) is 0 Å². The highest BCUT2D eigenvalue weighted by atomic mass is 15.1. The van der Waals surface area contributed by atoms with Gasteiger partial charge in [-0.3, -0.25) is 0 Å². The first kappa shape index (κ1) is 13.2. The van der Waals surface area contributed by atoms with E-state index in [1.165, 1.54) is 44.2 Å². The minimum Gasteiger partial charge on any atom is -0.303 e. The molecule has 1 nitrogen and oxygen atoms in total. The van der Waals surface area contributed by atoms with Crippen LogP contribution >= 0.6 is 0 Å². The lowest BCUT2D eigenvalue weighted by Gasteiger charge is -2.54. The van der Waals surface area contributed by atoms with E-state index in [9.17, 15) is 0 Å². The normalized spacial score (nSPS) is 35.9. The van der Waals surface area contributed by atoms with E-state index in [0.717, 1.165) is 12.0 Å². The second-order valence-electron chi connectivity index (χ2n) is 6.79. The molecule has 3 unspecified atom stereocenters. The fraction of sp³-hybridized carbons (Fsp3) is 0.667. The number of nitrogens with zero attached hydrogens (tertiary/aromatic N) is 1. The van der Waals surface area contributed by atoms with Crippen LogP contribution in [0.4, 0.5) is 0 Å². The van der Waals surface area contributed by atoms with Gasteiger partial charge in [-0.1, -0.05) is 37.1 Å². The van der Waals surface area contributed by atoms with Gasteiger partial charge in [0.15, 0.2) is 0 Å². The maximum Gasteiger partial charge on any atom is 0.0101 e. The molecular formula is C18H27N. The Morgan fingerprint density at radius 3 is 2.74 bits per heavy atom. The van der Waals surface area contributed by atoms with E-state index in [4.69, 9.17) is 0 Å². The fourth-order valence-electron chi connectivity index (χ4n) is 4.77. The van der Waals surface area contributed by atoms with Gasteiger partial charge >= 0.3 is 0 Å². The zero-order valence-electron chi connectivity index (χ0n) is 12.7. The fourth-order valence-corrected chi connectivity index (χ4v) is 4.77. The molecule has 2 fully saturated rings. The van der Waals surface area contributed by atoms with Crippen LogP contribution in [0.1, 0.15) is 50.2 Å². The standard InChI is InChI=1S/C18H27N/c1-14-8-4-5-9-16(14)18-11-7-6-10-17(18)15(2)19(3)13-12-18/h4-5,8-9,15,17H,6-7,10-13H2,1-3H3. The summed E-state index contributed by atoms with van der Waals surface area (Å²) in [6, 6.07) is 9.87. The lowest BCUT2D eigenvalue weighted by atomic mass is 9.56. The molecule has 1 heterocycles. The number of benzene rings is 1. The molecule has 0 aromatic heterocycles. The molecule has 2 aliphatic rings. The third-order valence-electron chi connectivity index (χ3n) is 5.97. The van der Waals surface area contributed by atoms with Crippen LogP contribution in [-0.4, -0.2) is 24.5 Å². The van der Waals surface area contributed by atoms with Crippen LogP contribution in [0, 0.1) is 12.8 Å². The second-order valence-corrected chi connectivity index (χ2v) is 6.79. The predicted molar refractivity (Wildman–Crippen MR) is 81.5 cm³/mol. The maximum atomic E-state index is 2.58. The zero-order chi connectivity index (χ0) is 13.5. The molecular weight excluding hydrogens is 230 g/mol. The average molecular weight is 257 g/mol. The Kier molecular flexibility index (Phi) is 3.42. The van der Waals surface area contributed by atoms with Crippen molar-refractivity contribution in [2.75, 3.05) is 13.6 Å². The molecule has 1 aliphatic heterocycles. The molecule has 0 N–H and O–H groups in total. The van der Waals surface area contributed by atoms with Gasteiger partial charge < -0.3 is 4.90 Å². The van der Waals surface area contributed by atoms with Crippen molar-refractivity contribution in [3.05, 3.63) is 35.4 Å². The van der Waals surface area contributed by atoms with E-state index in [-0.39, 0.29) is 0 Å². The van der Waals surface area contributed by atoms with Gasteiger partial charge in [0.1, 0.15) is 0 Å². The van der Waals surface area contributed by atoms with E-state index in [2.05, 4.69) is 50.1 Å². The molecule has 104 valence electrons. The van der Waals surface area contributed by atoms with Crippen molar-refractivity contribution in [1.82, 2.24) is 4.90 Å². The average Bonchev–Trinajstić information content (AvgIpc) is 2.44. The van der Waals surface area contributed by atoms with E-state index in [1.807, 2.05) is 0 Å². The number of piperidine rings is 1. The van der Waals surface area contributed by atoms with Gasteiger partial charge in [0, 0.05) is 11.5 Å². The SMILES string of the molecule is Cc1ccccc1C12CCCCC1C(C)N(C)CC2. The van der Waals surface area contributed by atoms with Gasteiger partial charge in [-0.2, -0.15) is 0 Å². The molecule has 1 saturated carbocycles. The summed E-state index contributed by atoms with van der Waals surface area (Å²) in [5, 5.41) is 0. The van der Waals surface area contributed by atoms with Gasteiger partial charge in [-0.15, -0.1) is 0 Å². The summed E-state index contributed by atoms with van der Waals surface area (Å²) in [5.41, 5.74) is 3.63. The van der Waals surface area contributed by atoms with E-state index < -0.39 is 0 Å². The third-order valence-corrected chi connectivity index (χ3v) is 5.97. The van der Waals surface area contributed by atoms with Crippen LogP contribution in [0.5, 0.6) is 0 Å². The Balaban J connectivity index is 2.06. The number of fused-ring (bicyclic) bond motifs is 1. The van der Waals surface area contributed by atoms with Crippen LogP contribution in [-0.2, 0) is 5.41 Å². The lowest BCUT2D eigenvalue weighted by molar-refractivity contribution is 0.0226. The van der Waals surface area contributed by atoms with Crippen molar-refractivity contribution in [3.63, 3.8) is 0 Å². The van der Waals surface area contributed by atoms with Crippen LogP contribution in [0.3, 0.4) is 0 Å². The third kappa shape index (κ3) is 2.03. The van der Waals surface area contributed by atoms with Gasteiger partial charge in [0.05, 0.1) is 0 Å². The largest absolute Gasteiger partial charge is 0.303 e. The van der Waals surface area contributed by atoms with E-state index in [0.29, 0.717) is 5.41 Å². The Hall–Kier alpha value is -0.820. The molecule has 1 aliphatic carbocycles. The van der Waals surface area contributed by atoms with Crippen LogP contribution in [0.15, 0.2) is 24.3 Å². The van der Waals surface area contributed by atoms with Gasteiger partial charge in [-0.05, 0) is 63.7 Å². The summed E-state index contributed by atoms with van der Waals surface area (Å²) in [6.45, 7) is 6.01. The van der Waals surface area contributed by atoms with Crippen LogP contribution in [0.2, 0.25) is 0 Å². The van der Waals surface area contributed by atoms with E-state index >= 15 is 0 Å². The number of likely N-dealkylation sites (tertiary alicyclic amines) is 1. The topological polar surface area (TPSA) is 3.24 Å². The Bertz CT molecular complexity index is 453. The van der Waals surface area contributed by atoms with Crippen molar-refractivity contribution >= 4 is 0 Å². The Labute approximate surface area is 118 Å². The quantitative estimate of drug-likeness (QED) is 0.730. The van der Waals surface area contributed by atoms with Crippen molar-refractivity contribution in [2.45, 2.75) is 57.4 Å². The first-order chi connectivity index (χ1) is 9.15. The van der Waals surface area contributed by atoms with Crippen molar-refractivity contribution < 1.29 is 0 Å². The minimum absolute atomic E-state index is 0.468. The molecule has 1 heteroatoms. The first-order valence-corrected chi connectivity index (χ1v) is 7.91. The van der Waals surface area contributed by atoms with Gasteiger partial charge in [0.25, 0.3) is 0 Å². The van der Waals surface area contributed by atoms with Crippen molar-refractivity contribution in [2.24, 2.45) is 5.92 Å². The van der Waals surface area contributed by atoms with E-state index in [1.54, 1.807) is 5.56 Å². The van der Waals surface area contributed by atoms with Gasteiger partial charge in [-0.25, -0.2) is 0 Å². The predicted octanol–water partition coefficient (Wildman–Crippen LogP) is 4.15. The van der Waals surface area contributed by atoms with Crippen LogP contribution < -0.4 is 0 Å². The van der Waals surface area contributed by atoms with Crippen molar-refractivity contribution in [3.8, 4) is 0 Å². The smallest absolute Gasteiger partial charge is 0.0101 e. The highest BCUT2D eigenvalue weighted by molar-refractivity contribution is 5.36. The molecule has 0 bridgehead atoms. The molecule has 3 rings (SSSR count). The maximum absolute atomic E-state index is 2.58. The number of rotatable bonds is 1. The summed E-state index contributed by atoms with van der Waals surface area (Å²) in [7, 11) is 2.31. The summed E-state index contributed by atoms with van der Waals surface area (Å²) in [6.07, 6.45) is 7.02. The monoisotopic (exact) mass is 257 g/mol. The minimum atomic E-state index is 0.468. The molecule has 1 saturated heterocycles. The Morgan fingerprint density at radius 2 is 1.95 bits per heavy atom. The number of aryl methyl sites for hydroxylation is 1. The highest BCUT2D eigenvalue weighted by Crippen LogP contribution is 2.51. The number of hydrogen-bond donors (Lipinski definition) is 0. The summed E-state index contributed by atoms with van der Waals surface area (Å²) in [5.74, 6) is 0.848. The molecule has 0 spiro atoms. The zero-order valence-corrected chi connectivity index (χ0v) is 12.7. The highest BCUT2D eigenvalue weighted by Gasteiger charge is 2.48. The molecule has 1 aromatic carbocycles. The number of hydrogen-bond acceptors (Lipinski definition) is 1. The first-order valence-electron chi connectivity index (χ1n) is 7.91.